The van der Waals surface area contributed by atoms with Crippen LogP contribution in [0.25, 0.3) is 66.4 Å². The molecule has 1 radical (unpaired) electrons. The Balaban J connectivity index is 0.000000198. The van der Waals surface area contributed by atoms with E-state index in [-0.39, 0.29) is 32.0 Å². The van der Waals surface area contributed by atoms with E-state index in [9.17, 15) is 4.39 Å². The van der Waals surface area contributed by atoms with Crippen LogP contribution in [0, 0.1) is 17.9 Å². The maximum atomic E-state index is 13.0. The predicted molar refractivity (Wildman–Crippen MR) is 219 cm³/mol. The third kappa shape index (κ3) is 7.51. The molecule has 0 spiro atoms. The quantitative estimate of drug-likeness (QED) is 0.123. The van der Waals surface area contributed by atoms with Crippen LogP contribution in [0.4, 0.5) is 4.39 Å². The smallest absolute Gasteiger partial charge is 0 e. The van der Waals surface area contributed by atoms with Gasteiger partial charge in [-0.3, -0.25) is 4.98 Å². The first-order valence-electron chi connectivity index (χ1n) is 18.6. The molecule has 0 N–H and O–H groups in total. The van der Waals surface area contributed by atoms with Crippen LogP contribution in [0.2, 0.25) is 17.3 Å². The first-order valence-corrected chi connectivity index (χ1v) is 25.4. The van der Waals surface area contributed by atoms with Gasteiger partial charge in [-0.05, 0) is 42.8 Å². The Bertz CT molecular complexity index is 2610. The molecular weight excluding hydrogens is 894 g/mol. The van der Waals surface area contributed by atoms with Gasteiger partial charge in [0, 0.05) is 36.9 Å². The van der Waals surface area contributed by atoms with Gasteiger partial charge in [0.25, 0.3) is 0 Å². The number of rotatable bonds is 6. The zero-order chi connectivity index (χ0) is 37.8. The van der Waals surface area contributed by atoms with E-state index in [2.05, 4.69) is 127 Å². The van der Waals surface area contributed by atoms with E-state index >= 15 is 0 Å². The van der Waals surface area contributed by atoms with Crippen molar-refractivity contribution in [3.8, 4) is 22.6 Å². The molecule has 0 aliphatic heterocycles. The molecule has 0 aliphatic rings. The maximum absolute atomic E-state index is 13.0. The zero-order valence-electron chi connectivity index (χ0n) is 32.9. The minimum Gasteiger partial charge on any atom is 0 e. The molecular formula is C46H46FGeIrN3O-2. The predicted octanol–water partition coefficient (Wildman–Crippen LogP) is 12.6. The van der Waals surface area contributed by atoms with E-state index in [0.29, 0.717) is 5.92 Å². The molecule has 0 fully saturated rings. The summed E-state index contributed by atoms with van der Waals surface area (Å²) in [6.45, 7) is 12.6. The SMILES string of the molecule is CC(C)c1ccc2c(c1)oc1c(-c3nc4c5ccccc5ccc4n3C(C)C)[c-]ccc12.[2H]C(C)(C)c1cc(-c2[c-]cc(F)cc2)nc[c]1[Ge]([CH3])([CH3])[CH3].[Ir]. The summed E-state index contributed by atoms with van der Waals surface area (Å²) < 4.78 is 31.5. The number of pyridine rings is 1. The Morgan fingerprint density at radius 2 is 1.62 bits per heavy atom. The number of hydrogen-bond donors (Lipinski definition) is 0. The van der Waals surface area contributed by atoms with Crippen molar-refractivity contribution < 1.29 is 30.3 Å². The van der Waals surface area contributed by atoms with Crippen molar-refractivity contribution in [3.05, 3.63) is 126 Å². The number of halogens is 1. The van der Waals surface area contributed by atoms with Gasteiger partial charge in [-0.25, -0.2) is 0 Å². The summed E-state index contributed by atoms with van der Waals surface area (Å²) in [4.78, 5) is 9.70. The van der Waals surface area contributed by atoms with Gasteiger partial charge in [0.15, 0.2) is 0 Å². The van der Waals surface area contributed by atoms with Crippen LogP contribution in [0.15, 0.2) is 102 Å². The van der Waals surface area contributed by atoms with Crippen molar-refractivity contribution in [2.24, 2.45) is 0 Å². The second kappa shape index (κ2) is 15.3. The van der Waals surface area contributed by atoms with E-state index < -0.39 is 19.2 Å². The van der Waals surface area contributed by atoms with Crippen LogP contribution in [0.5, 0.6) is 0 Å². The van der Waals surface area contributed by atoms with Crippen LogP contribution >= 0.6 is 0 Å². The van der Waals surface area contributed by atoms with E-state index in [0.717, 1.165) is 61.2 Å². The van der Waals surface area contributed by atoms with E-state index in [1.165, 1.54) is 32.9 Å². The normalized spacial score (nSPS) is 12.4. The number of furan rings is 1. The minimum atomic E-state index is -2.10. The van der Waals surface area contributed by atoms with E-state index in [4.69, 9.17) is 10.8 Å². The molecule has 0 bridgehead atoms. The summed E-state index contributed by atoms with van der Waals surface area (Å²) in [6.07, 6.45) is 1.91. The van der Waals surface area contributed by atoms with Crippen LogP contribution in [-0.2, 0) is 20.1 Å². The topological polar surface area (TPSA) is 43.9 Å². The molecule has 53 heavy (non-hydrogen) atoms. The third-order valence-electron chi connectivity index (χ3n) is 9.75. The summed E-state index contributed by atoms with van der Waals surface area (Å²) in [5.41, 5.74) is 8.66. The molecule has 3 heterocycles. The van der Waals surface area contributed by atoms with E-state index in [1.54, 1.807) is 6.07 Å². The Morgan fingerprint density at radius 3 is 2.30 bits per heavy atom. The third-order valence-corrected chi connectivity index (χ3v) is 14.0. The number of aromatic nitrogens is 3. The number of hydrogen-bond acceptors (Lipinski definition) is 3. The summed E-state index contributed by atoms with van der Waals surface area (Å²) in [5, 5.41) is 4.62. The fourth-order valence-electron chi connectivity index (χ4n) is 6.99. The fourth-order valence-corrected chi connectivity index (χ4v) is 10.3. The average molecular weight is 942 g/mol. The van der Waals surface area contributed by atoms with Crippen LogP contribution in [0.1, 0.15) is 71.9 Å². The van der Waals surface area contributed by atoms with Gasteiger partial charge >= 0.3 is 125 Å². The first kappa shape index (κ1) is 37.2. The van der Waals surface area contributed by atoms with Crippen molar-refractivity contribution >= 4 is 61.4 Å². The van der Waals surface area contributed by atoms with Gasteiger partial charge in [-0.1, -0.05) is 67.3 Å². The van der Waals surface area contributed by atoms with Gasteiger partial charge in [0.2, 0.25) is 0 Å². The van der Waals surface area contributed by atoms with Gasteiger partial charge in [-0.15, -0.1) is 18.2 Å². The van der Waals surface area contributed by atoms with Gasteiger partial charge in [0.05, 0.1) is 22.4 Å². The molecule has 0 unspecified atom stereocenters. The Hall–Kier alpha value is -4.10. The number of imidazole rings is 1. The van der Waals surface area contributed by atoms with Crippen LogP contribution in [0.3, 0.4) is 0 Å². The maximum Gasteiger partial charge on any atom is 0 e. The molecule has 0 amide bonds. The van der Waals surface area contributed by atoms with Crippen molar-refractivity contribution in [2.45, 2.75) is 76.7 Å². The first-order chi connectivity index (χ1) is 25.1. The monoisotopic (exact) mass is 943 g/mol. The Kier molecular flexibility index (Phi) is 10.8. The molecule has 8 aromatic rings. The van der Waals surface area contributed by atoms with E-state index in [1.807, 2.05) is 32.2 Å². The summed E-state index contributed by atoms with van der Waals surface area (Å²) in [6, 6.07) is 36.4. The molecule has 4 nitrogen and oxygen atoms in total. The summed E-state index contributed by atoms with van der Waals surface area (Å²) in [7, 11) is 0. The van der Waals surface area contributed by atoms with Crippen LogP contribution < -0.4 is 4.40 Å². The van der Waals surface area contributed by atoms with Gasteiger partial charge < -0.3 is 8.98 Å². The number of nitrogens with zero attached hydrogens (tertiary/aromatic N) is 3. The largest absolute Gasteiger partial charge is 0 e. The minimum absolute atomic E-state index is 0. The van der Waals surface area contributed by atoms with Crippen molar-refractivity contribution in [3.63, 3.8) is 0 Å². The molecule has 3 aromatic heterocycles. The Morgan fingerprint density at radius 1 is 0.849 bits per heavy atom. The number of benzene rings is 5. The van der Waals surface area contributed by atoms with Gasteiger partial charge in [0.1, 0.15) is 5.58 Å². The number of fused-ring (bicyclic) bond motifs is 6. The molecule has 0 atom stereocenters. The standard InChI is InChI=1S/C29H25N2O.C17H21FGeN.Ir/c1-17(2)20-12-14-22-23-10-7-11-24(28(23)32-26(22)16-20)29-30-27-21-9-6-5-8-19(21)13-15-25(27)31(29)18(3)4;1-12(2)15-10-17(13-6-8-14(18)9-7-13)20-11-16(15)19(3,4)5;/h5-10,12-18H,1-4H3;6,8-12H,1-5H3;/q2*-1;/i;12D;. The zero-order valence-corrected chi connectivity index (χ0v) is 36.3. The second-order valence-electron chi connectivity index (χ2n) is 15.4. The summed E-state index contributed by atoms with van der Waals surface area (Å²) >= 11 is -2.10. The molecule has 0 aliphatic carbocycles. The molecule has 0 saturated carbocycles. The van der Waals surface area contributed by atoms with Gasteiger partial charge in [-0.2, -0.15) is 0 Å². The van der Waals surface area contributed by atoms with Crippen molar-refractivity contribution in [2.75, 3.05) is 0 Å². The second-order valence-corrected chi connectivity index (χ2v) is 26.0. The van der Waals surface area contributed by atoms with Crippen molar-refractivity contribution in [1.29, 1.82) is 0 Å². The average Bonchev–Trinajstić information content (AvgIpc) is 3.70. The molecule has 7 heteroatoms. The fraction of sp³-hybridized carbons (Fsp3) is 0.261. The molecule has 8 rings (SSSR count). The molecule has 0 saturated heterocycles. The Labute approximate surface area is 330 Å². The van der Waals surface area contributed by atoms with Crippen LogP contribution in [-0.4, -0.2) is 27.8 Å². The molecule has 5 aromatic carbocycles. The molecule has 273 valence electrons. The summed E-state index contributed by atoms with van der Waals surface area (Å²) in [5.74, 6) is 7.28. The van der Waals surface area contributed by atoms with Crippen molar-refractivity contribution in [1.82, 2.24) is 14.5 Å².